The summed E-state index contributed by atoms with van der Waals surface area (Å²) in [6.45, 7) is 4.90. The lowest BCUT2D eigenvalue weighted by Gasteiger charge is -2.40. The summed E-state index contributed by atoms with van der Waals surface area (Å²) in [7, 11) is 0. The molecule has 178 valence electrons. The number of piperidine rings is 1. The first-order valence-electron chi connectivity index (χ1n) is 11.4. The van der Waals surface area contributed by atoms with E-state index in [1.165, 1.54) is 12.1 Å². The molecule has 2 N–H and O–H groups in total. The number of likely N-dealkylation sites (tertiary alicyclic amines) is 1. The smallest absolute Gasteiger partial charge is 0.342 e. The minimum absolute atomic E-state index is 0.0403. The summed E-state index contributed by atoms with van der Waals surface area (Å²) in [5, 5.41) is 2.99. The molecule has 3 aromatic rings. The lowest BCUT2D eigenvalue weighted by Crippen LogP contribution is -2.50. The molecule has 2 aromatic carbocycles. The molecule has 0 saturated carbocycles. The van der Waals surface area contributed by atoms with Crippen molar-refractivity contribution >= 4 is 11.7 Å². The minimum atomic E-state index is -4.35. The third-order valence-electron chi connectivity index (χ3n) is 6.70. The van der Waals surface area contributed by atoms with E-state index < -0.39 is 11.7 Å². The molecule has 0 atom stereocenters. The summed E-state index contributed by atoms with van der Waals surface area (Å²) < 4.78 is 38.5. The molecule has 5 rings (SSSR count). The second-order valence-electron chi connectivity index (χ2n) is 8.95. The van der Waals surface area contributed by atoms with Crippen molar-refractivity contribution < 1.29 is 18.0 Å². The van der Waals surface area contributed by atoms with Crippen molar-refractivity contribution in [2.45, 2.75) is 45.1 Å². The van der Waals surface area contributed by atoms with Gasteiger partial charge in [-0.05, 0) is 43.5 Å². The van der Waals surface area contributed by atoms with Gasteiger partial charge in [-0.25, -0.2) is 9.78 Å². The second kappa shape index (κ2) is 8.79. The largest absolute Gasteiger partial charge is 0.416 e. The maximum absolute atomic E-state index is 12.8. The van der Waals surface area contributed by atoms with Crippen LogP contribution in [0.25, 0.3) is 11.4 Å². The van der Waals surface area contributed by atoms with Crippen LogP contribution in [0.1, 0.15) is 35.4 Å². The Morgan fingerprint density at radius 3 is 2.47 bits per heavy atom. The molecular formula is C25H26F3N5O. The van der Waals surface area contributed by atoms with E-state index in [9.17, 15) is 18.0 Å². The number of halogens is 3. The van der Waals surface area contributed by atoms with Crippen LogP contribution in [0.15, 0.2) is 48.5 Å². The van der Waals surface area contributed by atoms with Crippen LogP contribution in [0.5, 0.6) is 0 Å². The number of fused-ring (bicyclic) bond motifs is 1. The first kappa shape index (κ1) is 22.5. The fraction of sp³-hybridized carbons (Fsp3) is 0.360. The monoisotopic (exact) mass is 469 g/mol. The summed E-state index contributed by atoms with van der Waals surface area (Å²) in [5.41, 5.74) is 3.76. The maximum Gasteiger partial charge on any atom is 0.416 e. The van der Waals surface area contributed by atoms with Crippen molar-refractivity contribution in [1.29, 1.82) is 0 Å². The van der Waals surface area contributed by atoms with E-state index in [0.717, 1.165) is 60.7 Å². The van der Waals surface area contributed by atoms with E-state index >= 15 is 0 Å². The molecular weight excluding hydrogens is 443 g/mol. The molecule has 9 heteroatoms. The number of rotatable bonds is 4. The zero-order valence-corrected chi connectivity index (χ0v) is 18.8. The van der Waals surface area contributed by atoms with Gasteiger partial charge in [0.1, 0.15) is 5.82 Å². The van der Waals surface area contributed by atoms with E-state index in [0.29, 0.717) is 24.5 Å². The Balaban J connectivity index is 1.20. The number of para-hydroxylation sites is 1. The zero-order valence-electron chi connectivity index (χ0n) is 18.8. The summed E-state index contributed by atoms with van der Waals surface area (Å²) in [6, 6.07) is 13.1. The Bertz CT molecular complexity index is 1180. The normalized spacial score (nSPS) is 17.5. The van der Waals surface area contributed by atoms with Gasteiger partial charge >= 0.3 is 12.2 Å². The first-order chi connectivity index (χ1) is 16.3. The second-order valence-corrected chi connectivity index (χ2v) is 8.95. The van der Waals surface area contributed by atoms with E-state index in [1.54, 1.807) is 0 Å². The highest BCUT2D eigenvalue weighted by Crippen LogP contribution is 2.31. The number of hydrogen-bond donors (Lipinski definition) is 2. The maximum atomic E-state index is 12.8. The number of aryl methyl sites for hydroxylation is 1. The van der Waals surface area contributed by atoms with Crippen LogP contribution in [0, 0.1) is 6.92 Å². The van der Waals surface area contributed by atoms with Gasteiger partial charge in [-0.15, -0.1) is 0 Å². The van der Waals surface area contributed by atoms with Crippen molar-refractivity contribution in [2.75, 3.05) is 18.4 Å². The number of nitrogens with one attached hydrogen (secondary N) is 2. The number of imidazole rings is 1. The number of urea groups is 1. The number of nitrogens with zero attached hydrogens (tertiary/aromatic N) is 3. The summed E-state index contributed by atoms with van der Waals surface area (Å²) >= 11 is 0. The van der Waals surface area contributed by atoms with Crippen LogP contribution in [0.2, 0.25) is 0 Å². The van der Waals surface area contributed by atoms with E-state index in [4.69, 9.17) is 0 Å². The molecule has 1 aromatic heterocycles. The van der Waals surface area contributed by atoms with Gasteiger partial charge in [-0.2, -0.15) is 13.2 Å². The van der Waals surface area contributed by atoms with Crippen LogP contribution in [0.3, 0.4) is 0 Å². The van der Waals surface area contributed by atoms with Crippen molar-refractivity contribution in [1.82, 2.24) is 19.8 Å². The molecule has 6 nitrogen and oxygen atoms in total. The molecule has 2 aliphatic heterocycles. The Labute approximate surface area is 195 Å². The number of H-pyrrole nitrogens is 1. The number of amides is 2. The molecule has 0 radical (unpaired) electrons. The molecule has 3 heterocycles. The fourth-order valence-electron chi connectivity index (χ4n) is 4.72. The SMILES string of the molecule is Cc1[nH]c(-c2ccc(C(F)(F)F)cc2)nc1CN1CCC(N2Cc3ccccc3NC2=O)CC1. The lowest BCUT2D eigenvalue weighted by molar-refractivity contribution is -0.137. The molecule has 0 unspecified atom stereocenters. The number of anilines is 1. The van der Waals surface area contributed by atoms with Crippen LogP contribution >= 0.6 is 0 Å². The highest BCUT2D eigenvalue weighted by molar-refractivity contribution is 5.92. The quantitative estimate of drug-likeness (QED) is 0.537. The summed E-state index contributed by atoms with van der Waals surface area (Å²) in [5.74, 6) is 0.569. The fourth-order valence-corrected chi connectivity index (χ4v) is 4.72. The van der Waals surface area contributed by atoms with Gasteiger partial charge in [0.25, 0.3) is 0 Å². The molecule has 1 fully saturated rings. The van der Waals surface area contributed by atoms with Gasteiger partial charge in [-0.1, -0.05) is 30.3 Å². The number of benzene rings is 2. The van der Waals surface area contributed by atoms with Gasteiger partial charge in [0.2, 0.25) is 0 Å². The molecule has 0 aliphatic carbocycles. The van der Waals surface area contributed by atoms with Crippen molar-refractivity contribution in [2.24, 2.45) is 0 Å². The third-order valence-corrected chi connectivity index (χ3v) is 6.70. The van der Waals surface area contributed by atoms with Gasteiger partial charge in [0.05, 0.1) is 11.3 Å². The van der Waals surface area contributed by atoms with Crippen molar-refractivity contribution in [3.8, 4) is 11.4 Å². The molecule has 2 amide bonds. The predicted octanol–water partition coefficient (Wildman–Crippen LogP) is 5.42. The van der Waals surface area contributed by atoms with E-state index in [1.807, 2.05) is 36.1 Å². The van der Waals surface area contributed by atoms with Crippen molar-refractivity contribution in [3.05, 3.63) is 71.0 Å². The standard InChI is InChI=1S/C25H26F3N5O/c1-16-22(30-23(29-16)17-6-8-19(9-7-17)25(26,27)28)15-32-12-10-20(11-13-32)33-14-18-4-2-3-5-21(18)31-24(33)34/h2-9,20H,10-15H2,1H3,(H,29,30)(H,31,34). The Hall–Kier alpha value is -3.33. The third kappa shape index (κ3) is 4.52. The Morgan fingerprint density at radius 2 is 1.76 bits per heavy atom. The highest BCUT2D eigenvalue weighted by Gasteiger charge is 2.32. The summed E-state index contributed by atoms with van der Waals surface area (Å²) in [6.07, 6.45) is -2.59. The molecule has 0 bridgehead atoms. The van der Waals surface area contributed by atoms with Gasteiger partial charge in [0, 0.05) is 49.2 Å². The Kier molecular flexibility index (Phi) is 5.81. The lowest BCUT2D eigenvalue weighted by atomic mass is 10.0. The van der Waals surface area contributed by atoms with E-state index in [2.05, 4.69) is 20.2 Å². The van der Waals surface area contributed by atoms with Crippen LogP contribution in [-0.2, 0) is 19.3 Å². The van der Waals surface area contributed by atoms with E-state index in [-0.39, 0.29) is 12.1 Å². The van der Waals surface area contributed by atoms with Crippen LogP contribution in [0.4, 0.5) is 23.7 Å². The first-order valence-corrected chi connectivity index (χ1v) is 11.4. The topological polar surface area (TPSA) is 64.3 Å². The number of carbonyl (C=O) groups excluding carboxylic acids is 1. The van der Waals surface area contributed by atoms with Gasteiger partial charge in [-0.3, -0.25) is 4.90 Å². The van der Waals surface area contributed by atoms with Gasteiger partial charge in [0.15, 0.2) is 0 Å². The number of aromatic nitrogens is 2. The number of hydrogen-bond acceptors (Lipinski definition) is 3. The van der Waals surface area contributed by atoms with Crippen LogP contribution < -0.4 is 5.32 Å². The van der Waals surface area contributed by atoms with Crippen LogP contribution in [-0.4, -0.2) is 44.9 Å². The molecule has 0 spiro atoms. The minimum Gasteiger partial charge on any atom is -0.342 e. The molecule has 2 aliphatic rings. The highest BCUT2D eigenvalue weighted by atomic mass is 19.4. The predicted molar refractivity (Wildman–Crippen MR) is 123 cm³/mol. The average Bonchev–Trinajstić information content (AvgIpc) is 3.19. The number of aromatic amines is 1. The van der Waals surface area contributed by atoms with Gasteiger partial charge < -0.3 is 15.2 Å². The summed E-state index contributed by atoms with van der Waals surface area (Å²) in [4.78, 5) is 24.7. The average molecular weight is 470 g/mol. The Morgan fingerprint density at radius 1 is 1.06 bits per heavy atom. The molecule has 34 heavy (non-hydrogen) atoms. The van der Waals surface area contributed by atoms with Crippen molar-refractivity contribution in [3.63, 3.8) is 0 Å². The molecule has 1 saturated heterocycles. The zero-order chi connectivity index (χ0) is 23.9. The number of carbonyl (C=O) groups is 1. The number of alkyl halides is 3.